The van der Waals surface area contributed by atoms with Crippen LogP contribution in [0.3, 0.4) is 0 Å². The highest BCUT2D eigenvalue weighted by Gasteiger charge is 2.23. The monoisotopic (exact) mass is 281 g/mol. The molecule has 0 spiro atoms. The summed E-state index contributed by atoms with van der Waals surface area (Å²) in [5.41, 5.74) is 2.22. The van der Waals surface area contributed by atoms with Crippen LogP contribution in [-0.2, 0) is 33.6 Å². The second-order valence-corrected chi connectivity index (χ2v) is 5.79. The van der Waals surface area contributed by atoms with Crippen LogP contribution in [0.15, 0.2) is 0 Å². The number of carbonyl (C=O) groups excluding carboxylic acids is 2. The van der Waals surface area contributed by atoms with E-state index in [0.29, 0.717) is 6.61 Å². The van der Waals surface area contributed by atoms with Gasteiger partial charge in [0, 0.05) is 17.4 Å². The van der Waals surface area contributed by atoms with Crippen LogP contribution >= 0.6 is 11.3 Å². The fraction of sp³-hybridized carbons (Fsp3) is 0.571. The highest BCUT2D eigenvalue weighted by Crippen LogP contribution is 2.38. The number of ether oxygens (including phenoxy) is 1. The minimum atomic E-state index is -0.222. The number of carbonyl (C=O) groups is 2. The van der Waals surface area contributed by atoms with Crippen LogP contribution in [0.1, 0.15) is 42.7 Å². The molecule has 1 amide bonds. The van der Waals surface area contributed by atoms with E-state index in [0.717, 1.165) is 29.8 Å². The smallest absolute Gasteiger partial charge is 0.310 e. The highest BCUT2D eigenvalue weighted by molar-refractivity contribution is 7.16. The number of hydrogen-bond acceptors (Lipinski definition) is 4. The van der Waals surface area contributed by atoms with Crippen LogP contribution < -0.4 is 5.32 Å². The summed E-state index contributed by atoms with van der Waals surface area (Å²) in [6, 6.07) is 0. The minimum Gasteiger partial charge on any atom is -0.466 e. The van der Waals surface area contributed by atoms with Gasteiger partial charge in [0.2, 0.25) is 5.91 Å². The summed E-state index contributed by atoms with van der Waals surface area (Å²) in [7, 11) is 0. The summed E-state index contributed by atoms with van der Waals surface area (Å²) >= 11 is 1.61. The summed E-state index contributed by atoms with van der Waals surface area (Å²) in [4.78, 5) is 24.3. The number of fused-ring (bicyclic) bond motifs is 1. The molecule has 0 saturated carbocycles. The van der Waals surface area contributed by atoms with E-state index >= 15 is 0 Å². The van der Waals surface area contributed by atoms with Crippen LogP contribution in [0.2, 0.25) is 0 Å². The number of anilines is 1. The maximum absolute atomic E-state index is 11.7. The third-order valence-corrected chi connectivity index (χ3v) is 4.45. The second kappa shape index (κ2) is 6.19. The molecule has 1 aliphatic rings. The number of esters is 1. The van der Waals surface area contributed by atoms with E-state index in [1.807, 2.05) is 0 Å². The third kappa shape index (κ3) is 3.35. The van der Waals surface area contributed by atoms with Crippen LogP contribution in [0.4, 0.5) is 5.00 Å². The van der Waals surface area contributed by atoms with Crippen LogP contribution in [0.25, 0.3) is 0 Å². The van der Waals surface area contributed by atoms with E-state index in [-0.39, 0.29) is 18.3 Å². The van der Waals surface area contributed by atoms with E-state index in [9.17, 15) is 9.59 Å². The quantitative estimate of drug-likeness (QED) is 0.863. The lowest BCUT2D eigenvalue weighted by molar-refractivity contribution is -0.142. The van der Waals surface area contributed by atoms with Crippen molar-refractivity contribution in [3.05, 3.63) is 16.0 Å². The molecule has 4 nitrogen and oxygen atoms in total. The number of nitrogens with one attached hydrogen (secondary N) is 1. The average Bonchev–Trinajstić information content (AvgIpc) is 2.67. The molecule has 0 saturated heterocycles. The van der Waals surface area contributed by atoms with E-state index in [1.54, 1.807) is 18.3 Å². The van der Waals surface area contributed by atoms with Crippen molar-refractivity contribution in [2.45, 2.75) is 46.0 Å². The van der Waals surface area contributed by atoms with Gasteiger partial charge in [0.25, 0.3) is 0 Å². The van der Waals surface area contributed by atoms with E-state index < -0.39 is 0 Å². The fourth-order valence-electron chi connectivity index (χ4n) is 2.44. The van der Waals surface area contributed by atoms with E-state index in [2.05, 4.69) is 5.32 Å². The molecule has 104 valence electrons. The lowest BCUT2D eigenvalue weighted by Crippen LogP contribution is -2.13. The zero-order valence-electron chi connectivity index (χ0n) is 11.4. The molecule has 1 heterocycles. The SMILES string of the molecule is CCOC(=O)Cc1c(NC(C)=O)sc2c1CCCC2. The summed E-state index contributed by atoms with van der Waals surface area (Å²) in [6.07, 6.45) is 4.65. The van der Waals surface area contributed by atoms with Gasteiger partial charge < -0.3 is 10.1 Å². The Kier molecular flexibility index (Phi) is 4.58. The van der Waals surface area contributed by atoms with Gasteiger partial charge in [0.05, 0.1) is 18.0 Å². The predicted octanol–water partition coefficient (Wildman–Crippen LogP) is 2.69. The Labute approximate surface area is 117 Å². The Hall–Kier alpha value is -1.36. The average molecular weight is 281 g/mol. The molecule has 0 radical (unpaired) electrons. The molecule has 1 N–H and O–H groups in total. The summed E-state index contributed by atoms with van der Waals surface area (Å²) in [5.74, 6) is -0.316. The van der Waals surface area contributed by atoms with Crippen molar-refractivity contribution in [3.8, 4) is 0 Å². The molecule has 0 atom stereocenters. The largest absolute Gasteiger partial charge is 0.466 e. The van der Waals surface area contributed by atoms with Gasteiger partial charge in [-0.1, -0.05) is 0 Å². The molecular weight excluding hydrogens is 262 g/mol. The van der Waals surface area contributed by atoms with E-state index in [4.69, 9.17) is 4.74 Å². The first-order chi connectivity index (χ1) is 9.11. The topological polar surface area (TPSA) is 55.4 Å². The molecular formula is C14H19NO3S. The summed E-state index contributed by atoms with van der Waals surface area (Å²) < 4.78 is 5.02. The highest BCUT2D eigenvalue weighted by atomic mass is 32.1. The number of thiophene rings is 1. The molecule has 1 aliphatic carbocycles. The Bertz CT molecular complexity index is 493. The van der Waals surface area contributed by atoms with Crippen LogP contribution in [0.5, 0.6) is 0 Å². The summed E-state index contributed by atoms with van der Waals surface area (Å²) in [5, 5.41) is 3.68. The van der Waals surface area contributed by atoms with Gasteiger partial charge in [0.1, 0.15) is 0 Å². The lowest BCUT2D eigenvalue weighted by Gasteiger charge is -2.12. The zero-order chi connectivity index (χ0) is 13.8. The first-order valence-electron chi connectivity index (χ1n) is 6.68. The maximum atomic E-state index is 11.7. The first-order valence-corrected chi connectivity index (χ1v) is 7.50. The fourth-order valence-corrected chi connectivity index (χ4v) is 3.79. The Morgan fingerprint density at radius 3 is 2.74 bits per heavy atom. The molecule has 0 aromatic carbocycles. The molecule has 1 aromatic rings. The van der Waals surface area contributed by atoms with Gasteiger partial charge >= 0.3 is 5.97 Å². The van der Waals surface area contributed by atoms with Crippen molar-refractivity contribution in [1.82, 2.24) is 0 Å². The number of rotatable bonds is 4. The van der Waals surface area contributed by atoms with Gasteiger partial charge in [-0.05, 0) is 38.2 Å². The predicted molar refractivity (Wildman–Crippen MR) is 75.6 cm³/mol. The molecule has 1 aromatic heterocycles. The molecule has 2 rings (SSSR count). The Morgan fingerprint density at radius 1 is 1.32 bits per heavy atom. The molecule has 0 aliphatic heterocycles. The molecule has 5 heteroatoms. The van der Waals surface area contributed by atoms with Crippen LogP contribution in [0, 0.1) is 0 Å². The second-order valence-electron chi connectivity index (χ2n) is 4.68. The van der Waals surface area contributed by atoms with Crippen LogP contribution in [-0.4, -0.2) is 18.5 Å². The molecule has 0 fully saturated rings. The molecule has 0 bridgehead atoms. The first kappa shape index (κ1) is 14.1. The Balaban J connectivity index is 2.28. The van der Waals surface area contributed by atoms with Crippen molar-refractivity contribution < 1.29 is 14.3 Å². The van der Waals surface area contributed by atoms with Gasteiger partial charge in [-0.25, -0.2) is 0 Å². The normalized spacial score (nSPS) is 13.8. The van der Waals surface area contributed by atoms with Crippen molar-refractivity contribution in [1.29, 1.82) is 0 Å². The van der Waals surface area contributed by atoms with Crippen molar-refractivity contribution in [2.24, 2.45) is 0 Å². The summed E-state index contributed by atoms with van der Waals surface area (Å²) in [6.45, 7) is 3.68. The van der Waals surface area contributed by atoms with Crippen molar-refractivity contribution >= 4 is 28.2 Å². The van der Waals surface area contributed by atoms with Crippen molar-refractivity contribution in [2.75, 3.05) is 11.9 Å². The van der Waals surface area contributed by atoms with Gasteiger partial charge in [0.15, 0.2) is 0 Å². The van der Waals surface area contributed by atoms with Gasteiger partial charge in [-0.3, -0.25) is 9.59 Å². The zero-order valence-corrected chi connectivity index (χ0v) is 12.2. The molecule has 0 unspecified atom stereocenters. The Morgan fingerprint density at radius 2 is 2.05 bits per heavy atom. The minimum absolute atomic E-state index is 0.0938. The standard InChI is InChI=1S/C14H19NO3S/c1-3-18-13(17)8-11-10-6-4-5-7-12(10)19-14(11)15-9(2)16/h3-8H2,1-2H3,(H,15,16). The lowest BCUT2D eigenvalue weighted by atomic mass is 9.94. The number of amides is 1. The molecule has 19 heavy (non-hydrogen) atoms. The maximum Gasteiger partial charge on any atom is 0.310 e. The van der Waals surface area contributed by atoms with E-state index in [1.165, 1.54) is 23.8 Å². The van der Waals surface area contributed by atoms with Gasteiger partial charge in [-0.15, -0.1) is 11.3 Å². The number of hydrogen-bond donors (Lipinski definition) is 1. The number of aryl methyl sites for hydroxylation is 1. The third-order valence-electron chi connectivity index (χ3n) is 3.20. The van der Waals surface area contributed by atoms with Gasteiger partial charge in [-0.2, -0.15) is 0 Å². The van der Waals surface area contributed by atoms with Crippen molar-refractivity contribution in [3.63, 3.8) is 0 Å².